The van der Waals surface area contributed by atoms with Crippen LogP contribution in [-0.2, 0) is 0 Å². The Bertz CT molecular complexity index is 2840. The summed E-state index contributed by atoms with van der Waals surface area (Å²) in [5, 5.41) is 7.40. The maximum Gasteiger partial charge on any atom is 0.0546 e. The molecule has 0 saturated heterocycles. The van der Waals surface area contributed by atoms with Crippen molar-refractivity contribution in [3.05, 3.63) is 152 Å². The Labute approximate surface area is 306 Å². The highest BCUT2D eigenvalue weighted by molar-refractivity contribution is 14.1. The molecular weight excluding hydrogens is 833 g/mol. The van der Waals surface area contributed by atoms with E-state index in [1.54, 1.807) is 0 Å². The monoisotopic (exact) mass is 855 g/mol. The molecule has 3 heterocycles. The number of aromatic nitrogens is 3. The summed E-state index contributed by atoms with van der Waals surface area (Å²) in [5.41, 5.74) is 11.6. The van der Waals surface area contributed by atoms with Gasteiger partial charge in [-0.15, -0.1) is 0 Å². The summed E-state index contributed by atoms with van der Waals surface area (Å²) in [6.45, 7) is 0. The van der Waals surface area contributed by atoms with E-state index < -0.39 is 0 Å². The fourth-order valence-electron chi connectivity index (χ4n) is 7.58. The van der Waals surface area contributed by atoms with Gasteiger partial charge < -0.3 is 14.1 Å². The molecule has 3 aromatic heterocycles. The highest BCUT2D eigenvalue weighted by Crippen LogP contribution is 2.43. The minimum absolute atomic E-state index is 1.06. The van der Waals surface area contributed by atoms with Crippen LogP contribution in [0.2, 0.25) is 0 Å². The number of para-hydroxylation sites is 4. The fraction of sp³-hybridized carbons (Fsp3) is 0. The van der Waals surface area contributed by atoms with E-state index in [1.165, 1.54) is 54.4 Å². The largest absolute Gasteiger partial charge is 0.354 e. The average Bonchev–Trinajstić information content (AvgIpc) is 3.77. The molecule has 48 heavy (non-hydrogen) atoms. The molecule has 10 aromatic rings. The Kier molecular flexibility index (Phi) is 6.45. The number of benzene rings is 7. The Hall–Kier alpha value is -4.37. The van der Waals surface area contributed by atoms with Crippen molar-refractivity contribution in [3.63, 3.8) is 0 Å². The lowest BCUT2D eigenvalue weighted by Crippen LogP contribution is -1.96. The first-order chi connectivity index (χ1) is 23.5. The Morgan fingerprint density at radius 1 is 0.438 bits per heavy atom. The molecule has 0 fully saturated rings. The number of aromatic amines is 1. The minimum Gasteiger partial charge on any atom is -0.354 e. The molecule has 0 aliphatic rings. The van der Waals surface area contributed by atoms with Crippen molar-refractivity contribution in [2.24, 2.45) is 0 Å². The van der Waals surface area contributed by atoms with Gasteiger partial charge in [-0.25, -0.2) is 0 Å². The van der Waals surface area contributed by atoms with Crippen LogP contribution >= 0.6 is 54.5 Å². The highest BCUT2D eigenvalue weighted by atomic mass is 127. The smallest absolute Gasteiger partial charge is 0.0546 e. The molecule has 0 radical (unpaired) electrons. The second-order valence-corrected chi connectivity index (χ2v) is 15.1. The van der Waals surface area contributed by atoms with Crippen molar-refractivity contribution >= 4 is 120 Å². The molecule has 0 bridgehead atoms. The van der Waals surface area contributed by atoms with Crippen molar-refractivity contribution in [1.29, 1.82) is 0 Å². The first kappa shape index (κ1) is 28.6. The Morgan fingerprint density at radius 2 is 0.938 bits per heavy atom. The SMILES string of the molecule is Brc1cc(-c2cc(-n3c4ccccc4c4ccccc43)cc3c2[nH]c2ccc(-n4c5ccccc5c5ccccc54)cc23)c(Br)cc1I. The molecule has 0 spiro atoms. The van der Waals surface area contributed by atoms with Crippen molar-refractivity contribution in [3.8, 4) is 22.5 Å². The van der Waals surface area contributed by atoms with Crippen molar-refractivity contribution in [2.75, 3.05) is 0 Å². The average molecular weight is 857 g/mol. The van der Waals surface area contributed by atoms with Gasteiger partial charge >= 0.3 is 0 Å². The molecule has 0 aliphatic heterocycles. The van der Waals surface area contributed by atoms with Gasteiger partial charge in [0.2, 0.25) is 0 Å². The number of hydrogen-bond donors (Lipinski definition) is 1. The Morgan fingerprint density at radius 3 is 1.50 bits per heavy atom. The van der Waals surface area contributed by atoms with E-state index in [2.05, 4.69) is 208 Å². The van der Waals surface area contributed by atoms with Gasteiger partial charge in [0.15, 0.2) is 0 Å². The van der Waals surface area contributed by atoms with Gasteiger partial charge in [0.25, 0.3) is 0 Å². The lowest BCUT2D eigenvalue weighted by atomic mass is 10.0. The van der Waals surface area contributed by atoms with E-state index in [4.69, 9.17) is 0 Å². The van der Waals surface area contributed by atoms with Crippen molar-refractivity contribution < 1.29 is 0 Å². The van der Waals surface area contributed by atoms with Gasteiger partial charge in [-0.3, -0.25) is 0 Å². The number of nitrogens with zero attached hydrogens (tertiary/aromatic N) is 2. The molecular formula is C42H24Br2IN3. The normalized spacial score (nSPS) is 12.1. The molecule has 1 N–H and O–H groups in total. The summed E-state index contributed by atoms with van der Waals surface area (Å²) in [6, 6.07) is 50.8. The van der Waals surface area contributed by atoms with Crippen LogP contribution in [-0.4, -0.2) is 14.1 Å². The summed E-state index contributed by atoms with van der Waals surface area (Å²) in [5.74, 6) is 0. The van der Waals surface area contributed by atoms with Gasteiger partial charge in [-0.05, 0) is 111 Å². The zero-order chi connectivity index (χ0) is 32.1. The fourth-order valence-corrected chi connectivity index (χ4v) is 9.38. The number of hydrogen-bond acceptors (Lipinski definition) is 0. The lowest BCUT2D eigenvalue weighted by Gasteiger charge is -2.14. The number of rotatable bonds is 3. The van der Waals surface area contributed by atoms with E-state index in [-0.39, 0.29) is 0 Å². The van der Waals surface area contributed by atoms with Crippen LogP contribution in [0.5, 0.6) is 0 Å². The predicted molar refractivity (Wildman–Crippen MR) is 218 cm³/mol. The summed E-state index contributed by atoms with van der Waals surface area (Å²) in [6.07, 6.45) is 0. The number of fused-ring (bicyclic) bond motifs is 9. The van der Waals surface area contributed by atoms with Gasteiger partial charge in [0, 0.05) is 67.3 Å². The standard InChI is InChI=1S/C42H24Br2IN3/c43-34-23-36(45)35(44)22-30(34)32-20-25(48-40-15-7-3-11-28(40)29-12-4-8-16-41(29)48)21-33-31-19-24(17-18-37(31)46-42(32)33)47-38-13-5-1-9-26(38)27-10-2-6-14-39(27)47/h1-23,46H. The van der Waals surface area contributed by atoms with Crippen LogP contribution in [0.3, 0.4) is 0 Å². The topological polar surface area (TPSA) is 25.6 Å². The van der Waals surface area contributed by atoms with E-state index in [0.29, 0.717) is 0 Å². The van der Waals surface area contributed by atoms with E-state index in [0.717, 1.165) is 46.1 Å². The summed E-state index contributed by atoms with van der Waals surface area (Å²) in [7, 11) is 0. The maximum absolute atomic E-state index is 3.93. The molecule has 0 amide bonds. The first-order valence-corrected chi connectivity index (χ1v) is 18.4. The third kappa shape index (κ3) is 4.15. The quantitative estimate of drug-likeness (QED) is 0.135. The third-order valence-corrected chi connectivity index (χ3v) is 12.6. The van der Waals surface area contributed by atoms with Crippen LogP contribution in [0.15, 0.2) is 148 Å². The van der Waals surface area contributed by atoms with Crippen LogP contribution in [0.4, 0.5) is 0 Å². The van der Waals surface area contributed by atoms with Crippen LogP contribution in [0, 0.1) is 3.57 Å². The molecule has 0 aliphatic carbocycles. The van der Waals surface area contributed by atoms with Crippen LogP contribution in [0.25, 0.3) is 87.9 Å². The van der Waals surface area contributed by atoms with Crippen LogP contribution in [0.1, 0.15) is 0 Å². The number of halogens is 3. The van der Waals surface area contributed by atoms with Crippen LogP contribution < -0.4 is 0 Å². The minimum atomic E-state index is 1.06. The van der Waals surface area contributed by atoms with Crippen molar-refractivity contribution in [2.45, 2.75) is 0 Å². The first-order valence-electron chi connectivity index (χ1n) is 15.8. The predicted octanol–water partition coefficient (Wildman–Crippen LogP) is 13.3. The maximum atomic E-state index is 3.93. The summed E-state index contributed by atoms with van der Waals surface area (Å²) in [4.78, 5) is 3.84. The number of nitrogens with one attached hydrogen (secondary N) is 1. The van der Waals surface area contributed by atoms with Gasteiger partial charge in [0.05, 0.1) is 27.6 Å². The molecule has 10 rings (SSSR count). The number of H-pyrrole nitrogens is 1. The zero-order valence-corrected chi connectivity index (χ0v) is 30.6. The van der Waals surface area contributed by atoms with E-state index in [1.807, 2.05) is 0 Å². The zero-order valence-electron chi connectivity index (χ0n) is 25.3. The van der Waals surface area contributed by atoms with Gasteiger partial charge in [-0.2, -0.15) is 0 Å². The lowest BCUT2D eigenvalue weighted by molar-refractivity contribution is 1.18. The van der Waals surface area contributed by atoms with E-state index in [9.17, 15) is 0 Å². The molecule has 0 unspecified atom stereocenters. The molecule has 0 atom stereocenters. The molecule has 0 saturated carbocycles. The molecule has 3 nitrogen and oxygen atoms in total. The Balaban J connectivity index is 1.33. The molecule has 7 aromatic carbocycles. The second-order valence-electron chi connectivity index (χ2n) is 12.3. The molecule has 6 heteroatoms. The summed E-state index contributed by atoms with van der Waals surface area (Å²) >= 11 is 10.1. The van der Waals surface area contributed by atoms with Crippen molar-refractivity contribution in [1.82, 2.24) is 14.1 Å². The van der Waals surface area contributed by atoms with Gasteiger partial charge in [0.1, 0.15) is 0 Å². The highest BCUT2D eigenvalue weighted by Gasteiger charge is 2.20. The third-order valence-electron chi connectivity index (χ3n) is 9.65. The van der Waals surface area contributed by atoms with Gasteiger partial charge in [-0.1, -0.05) is 88.7 Å². The molecule has 228 valence electrons. The second kappa shape index (κ2) is 10.8. The summed E-state index contributed by atoms with van der Waals surface area (Å²) < 4.78 is 8.10. The van der Waals surface area contributed by atoms with E-state index >= 15 is 0 Å².